The molecule has 0 saturated carbocycles. The maximum absolute atomic E-state index is 11.5. The molecule has 0 radical (unpaired) electrons. The van der Waals surface area contributed by atoms with Crippen LogP contribution in [0.1, 0.15) is 18.4 Å². The standard InChI is InChI=1S/C15H20N2O/c18-15-6-7-17-9-8-16(12-14(17)10-15)11-13-4-2-1-3-5-13/h1-5,14H,6-12H2/t14-/m1/s1. The summed E-state index contributed by atoms with van der Waals surface area (Å²) in [5.41, 5.74) is 1.37. The molecule has 0 N–H and O–H groups in total. The van der Waals surface area contributed by atoms with Gasteiger partial charge in [-0.25, -0.2) is 0 Å². The number of hydrogen-bond acceptors (Lipinski definition) is 3. The van der Waals surface area contributed by atoms with E-state index >= 15 is 0 Å². The number of carbonyl (C=O) groups excluding carboxylic acids is 1. The van der Waals surface area contributed by atoms with Gasteiger partial charge in [-0.15, -0.1) is 0 Å². The van der Waals surface area contributed by atoms with Crippen LogP contribution in [-0.2, 0) is 11.3 Å². The number of benzene rings is 1. The van der Waals surface area contributed by atoms with Crippen LogP contribution in [0.25, 0.3) is 0 Å². The predicted molar refractivity (Wildman–Crippen MR) is 71.3 cm³/mol. The van der Waals surface area contributed by atoms with Crippen molar-refractivity contribution in [1.82, 2.24) is 9.80 Å². The Morgan fingerprint density at radius 2 is 1.94 bits per heavy atom. The smallest absolute Gasteiger partial charge is 0.135 e. The van der Waals surface area contributed by atoms with E-state index in [1.807, 2.05) is 0 Å². The van der Waals surface area contributed by atoms with Gasteiger partial charge < -0.3 is 0 Å². The van der Waals surface area contributed by atoms with Crippen LogP contribution in [0, 0.1) is 0 Å². The first-order valence-electron chi connectivity index (χ1n) is 6.83. The zero-order chi connectivity index (χ0) is 12.4. The Morgan fingerprint density at radius 1 is 1.11 bits per heavy atom. The number of ketones is 1. The molecule has 1 aromatic carbocycles. The van der Waals surface area contributed by atoms with Crippen LogP contribution in [0.2, 0.25) is 0 Å². The zero-order valence-corrected chi connectivity index (χ0v) is 10.7. The minimum absolute atomic E-state index is 0.442. The highest BCUT2D eigenvalue weighted by Crippen LogP contribution is 2.20. The molecule has 0 bridgehead atoms. The molecule has 2 aliphatic rings. The fourth-order valence-electron chi connectivity index (χ4n) is 3.06. The number of nitrogens with zero attached hydrogens (tertiary/aromatic N) is 2. The van der Waals surface area contributed by atoms with Gasteiger partial charge in [-0.05, 0) is 5.56 Å². The number of fused-ring (bicyclic) bond motifs is 1. The Balaban J connectivity index is 1.61. The number of rotatable bonds is 2. The third-order valence-corrected chi connectivity index (χ3v) is 4.08. The number of Topliss-reactive ketones (excluding diaryl/α,β-unsaturated/α-hetero) is 1. The average Bonchev–Trinajstić information content (AvgIpc) is 2.39. The third-order valence-electron chi connectivity index (χ3n) is 4.08. The fraction of sp³-hybridized carbons (Fsp3) is 0.533. The summed E-state index contributed by atoms with van der Waals surface area (Å²) in [4.78, 5) is 16.5. The van der Waals surface area contributed by atoms with Crippen molar-refractivity contribution in [2.75, 3.05) is 26.2 Å². The lowest BCUT2D eigenvalue weighted by molar-refractivity contribution is -0.124. The summed E-state index contributed by atoms with van der Waals surface area (Å²) in [6, 6.07) is 11.1. The quantitative estimate of drug-likeness (QED) is 0.788. The summed E-state index contributed by atoms with van der Waals surface area (Å²) in [6.07, 6.45) is 1.51. The van der Waals surface area contributed by atoms with E-state index in [4.69, 9.17) is 0 Å². The lowest BCUT2D eigenvalue weighted by Gasteiger charge is -2.43. The second-order valence-corrected chi connectivity index (χ2v) is 5.40. The molecule has 3 rings (SSSR count). The molecule has 2 fully saturated rings. The summed E-state index contributed by atoms with van der Waals surface area (Å²) in [5, 5.41) is 0. The van der Waals surface area contributed by atoms with E-state index in [1.54, 1.807) is 0 Å². The minimum atomic E-state index is 0.442. The first kappa shape index (κ1) is 11.9. The van der Waals surface area contributed by atoms with Crippen molar-refractivity contribution in [3.05, 3.63) is 35.9 Å². The van der Waals surface area contributed by atoms with Gasteiger partial charge >= 0.3 is 0 Å². The summed E-state index contributed by atoms with van der Waals surface area (Å²) in [5.74, 6) is 0.442. The van der Waals surface area contributed by atoms with Crippen molar-refractivity contribution in [2.45, 2.75) is 25.4 Å². The first-order valence-corrected chi connectivity index (χ1v) is 6.83. The molecule has 0 aliphatic carbocycles. The van der Waals surface area contributed by atoms with Gasteiger partial charge in [0, 0.05) is 51.6 Å². The molecule has 0 aromatic heterocycles. The van der Waals surface area contributed by atoms with Crippen molar-refractivity contribution in [1.29, 1.82) is 0 Å². The molecule has 18 heavy (non-hydrogen) atoms. The van der Waals surface area contributed by atoms with Crippen LogP contribution in [0.5, 0.6) is 0 Å². The zero-order valence-electron chi connectivity index (χ0n) is 10.7. The Bertz CT molecular complexity index is 418. The van der Waals surface area contributed by atoms with Crippen LogP contribution in [0.15, 0.2) is 30.3 Å². The molecule has 2 aliphatic heterocycles. The number of carbonyl (C=O) groups is 1. The Morgan fingerprint density at radius 3 is 2.78 bits per heavy atom. The van der Waals surface area contributed by atoms with Gasteiger partial charge in [-0.1, -0.05) is 30.3 Å². The summed E-state index contributed by atoms with van der Waals surface area (Å²) in [6.45, 7) is 5.27. The van der Waals surface area contributed by atoms with Gasteiger partial charge in [0.2, 0.25) is 0 Å². The van der Waals surface area contributed by atoms with Crippen molar-refractivity contribution < 1.29 is 4.79 Å². The van der Waals surface area contributed by atoms with E-state index in [-0.39, 0.29) is 0 Å². The highest BCUT2D eigenvalue weighted by atomic mass is 16.1. The molecular weight excluding hydrogens is 224 g/mol. The normalized spacial score (nSPS) is 26.0. The number of hydrogen-bond donors (Lipinski definition) is 0. The average molecular weight is 244 g/mol. The number of piperidine rings is 1. The van der Waals surface area contributed by atoms with Gasteiger partial charge in [-0.2, -0.15) is 0 Å². The highest BCUT2D eigenvalue weighted by Gasteiger charge is 2.31. The van der Waals surface area contributed by atoms with E-state index in [1.165, 1.54) is 5.56 Å². The lowest BCUT2D eigenvalue weighted by Crippen LogP contribution is -2.55. The van der Waals surface area contributed by atoms with Crippen LogP contribution in [0.3, 0.4) is 0 Å². The Labute approximate surface area is 108 Å². The first-order chi connectivity index (χ1) is 8.81. The van der Waals surface area contributed by atoms with Crippen molar-refractivity contribution in [3.8, 4) is 0 Å². The predicted octanol–water partition coefficient (Wildman–Crippen LogP) is 1.54. The van der Waals surface area contributed by atoms with Crippen LogP contribution in [0.4, 0.5) is 0 Å². The molecule has 1 atom stereocenters. The van der Waals surface area contributed by atoms with Gasteiger partial charge in [0.05, 0.1) is 0 Å². The highest BCUT2D eigenvalue weighted by molar-refractivity contribution is 5.80. The van der Waals surface area contributed by atoms with E-state index in [0.29, 0.717) is 11.8 Å². The molecule has 0 unspecified atom stereocenters. The molecule has 0 spiro atoms. The van der Waals surface area contributed by atoms with Crippen LogP contribution in [-0.4, -0.2) is 47.8 Å². The largest absolute Gasteiger partial charge is 0.300 e. The van der Waals surface area contributed by atoms with Gasteiger partial charge in [-0.3, -0.25) is 14.6 Å². The SMILES string of the molecule is O=C1CCN2CCN(Cc3ccccc3)C[C@H]2C1. The van der Waals surface area contributed by atoms with Crippen LogP contribution < -0.4 is 0 Å². The van der Waals surface area contributed by atoms with Crippen molar-refractivity contribution >= 4 is 5.78 Å². The van der Waals surface area contributed by atoms with E-state index < -0.39 is 0 Å². The Kier molecular flexibility index (Phi) is 3.43. The summed E-state index contributed by atoms with van der Waals surface area (Å²) >= 11 is 0. The van der Waals surface area contributed by atoms with E-state index in [0.717, 1.165) is 45.6 Å². The Hall–Kier alpha value is -1.19. The summed E-state index contributed by atoms with van der Waals surface area (Å²) < 4.78 is 0. The van der Waals surface area contributed by atoms with Crippen molar-refractivity contribution in [3.63, 3.8) is 0 Å². The maximum atomic E-state index is 11.5. The molecule has 2 heterocycles. The van der Waals surface area contributed by atoms with E-state index in [9.17, 15) is 4.79 Å². The lowest BCUT2D eigenvalue weighted by atomic mass is 9.98. The van der Waals surface area contributed by atoms with Crippen molar-refractivity contribution in [2.24, 2.45) is 0 Å². The fourth-order valence-corrected chi connectivity index (χ4v) is 3.06. The summed E-state index contributed by atoms with van der Waals surface area (Å²) in [7, 11) is 0. The monoisotopic (exact) mass is 244 g/mol. The molecule has 2 saturated heterocycles. The second kappa shape index (κ2) is 5.21. The van der Waals surface area contributed by atoms with Gasteiger partial charge in [0.25, 0.3) is 0 Å². The van der Waals surface area contributed by atoms with Gasteiger partial charge in [0.15, 0.2) is 0 Å². The van der Waals surface area contributed by atoms with Crippen LogP contribution >= 0.6 is 0 Å². The second-order valence-electron chi connectivity index (χ2n) is 5.40. The maximum Gasteiger partial charge on any atom is 0.135 e. The molecule has 3 heteroatoms. The molecular formula is C15H20N2O. The molecule has 3 nitrogen and oxygen atoms in total. The molecule has 0 amide bonds. The molecule has 1 aromatic rings. The third kappa shape index (κ3) is 2.62. The van der Waals surface area contributed by atoms with E-state index in [2.05, 4.69) is 40.1 Å². The molecule has 96 valence electrons. The minimum Gasteiger partial charge on any atom is -0.300 e. The topological polar surface area (TPSA) is 23.6 Å². The number of piperazine rings is 1. The van der Waals surface area contributed by atoms with Gasteiger partial charge in [0.1, 0.15) is 5.78 Å².